The summed E-state index contributed by atoms with van der Waals surface area (Å²) >= 11 is 7.31. The highest BCUT2D eigenvalue weighted by atomic mass is 35.5. The van der Waals surface area contributed by atoms with Crippen molar-refractivity contribution in [1.29, 1.82) is 0 Å². The van der Waals surface area contributed by atoms with E-state index < -0.39 is 5.91 Å². The number of hydrogen-bond donors (Lipinski definition) is 1. The van der Waals surface area contributed by atoms with Gasteiger partial charge >= 0.3 is 0 Å². The SMILES string of the molecule is O=C(Nc1sc2ccccc2c(=O)c1-c1ccc(Cl)cc1)c1ccco1. The fourth-order valence-corrected chi connectivity index (χ4v) is 3.90. The Balaban J connectivity index is 1.92. The molecule has 0 spiro atoms. The number of fused-ring (bicyclic) bond motifs is 1. The van der Waals surface area contributed by atoms with Gasteiger partial charge in [-0.2, -0.15) is 0 Å². The van der Waals surface area contributed by atoms with E-state index in [4.69, 9.17) is 16.0 Å². The van der Waals surface area contributed by atoms with Gasteiger partial charge in [-0.15, -0.1) is 11.3 Å². The van der Waals surface area contributed by atoms with Crippen molar-refractivity contribution in [3.05, 3.63) is 87.9 Å². The Morgan fingerprint density at radius 2 is 1.77 bits per heavy atom. The van der Waals surface area contributed by atoms with Gasteiger partial charge < -0.3 is 9.73 Å². The van der Waals surface area contributed by atoms with Crippen LogP contribution in [0.1, 0.15) is 10.6 Å². The van der Waals surface area contributed by atoms with Gasteiger partial charge in [0.05, 0.1) is 11.8 Å². The van der Waals surface area contributed by atoms with Gasteiger partial charge in [0, 0.05) is 15.1 Å². The maximum Gasteiger partial charge on any atom is 0.291 e. The van der Waals surface area contributed by atoms with Gasteiger partial charge in [0.25, 0.3) is 5.91 Å². The van der Waals surface area contributed by atoms with Crippen molar-refractivity contribution in [3.63, 3.8) is 0 Å². The van der Waals surface area contributed by atoms with Crippen molar-refractivity contribution in [2.45, 2.75) is 0 Å². The molecule has 0 fully saturated rings. The van der Waals surface area contributed by atoms with E-state index in [1.54, 1.807) is 42.5 Å². The molecule has 0 radical (unpaired) electrons. The highest BCUT2D eigenvalue weighted by molar-refractivity contribution is 7.22. The summed E-state index contributed by atoms with van der Waals surface area (Å²) < 4.78 is 5.94. The molecule has 6 heteroatoms. The fourth-order valence-electron chi connectivity index (χ4n) is 2.68. The molecule has 0 saturated carbocycles. The molecule has 4 nitrogen and oxygen atoms in total. The van der Waals surface area contributed by atoms with Gasteiger partial charge in [-0.25, -0.2) is 0 Å². The first-order valence-electron chi connectivity index (χ1n) is 7.80. The van der Waals surface area contributed by atoms with E-state index in [1.807, 2.05) is 18.2 Å². The lowest BCUT2D eigenvalue weighted by molar-refractivity contribution is 0.0997. The summed E-state index contributed by atoms with van der Waals surface area (Å²) in [6, 6.07) is 17.5. The van der Waals surface area contributed by atoms with E-state index in [-0.39, 0.29) is 11.2 Å². The van der Waals surface area contributed by atoms with Gasteiger partial charge in [-0.1, -0.05) is 35.9 Å². The number of hydrogen-bond acceptors (Lipinski definition) is 4. The van der Waals surface area contributed by atoms with E-state index in [2.05, 4.69) is 5.32 Å². The van der Waals surface area contributed by atoms with Crippen LogP contribution in [0.25, 0.3) is 21.2 Å². The smallest absolute Gasteiger partial charge is 0.291 e. The summed E-state index contributed by atoms with van der Waals surface area (Å²) in [6.45, 7) is 0. The molecule has 2 heterocycles. The summed E-state index contributed by atoms with van der Waals surface area (Å²) in [4.78, 5) is 25.5. The average Bonchev–Trinajstić information content (AvgIpc) is 3.18. The predicted octanol–water partition coefficient (Wildman–Crippen LogP) is 5.43. The lowest BCUT2D eigenvalue weighted by atomic mass is 10.1. The zero-order chi connectivity index (χ0) is 18.1. The molecule has 26 heavy (non-hydrogen) atoms. The summed E-state index contributed by atoms with van der Waals surface area (Å²) in [7, 11) is 0. The molecule has 0 atom stereocenters. The molecule has 4 aromatic rings. The summed E-state index contributed by atoms with van der Waals surface area (Å²) in [5.74, 6) is -0.226. The predicted molar refractivity (Wildman–Crippen MR) is 105 cm³/mol. The molecular weight excluding hydrogens is 370 g/mol. The highest BCUT2D eigenvalue weighted by Gasteiger charge is 2.18. The lowest BCUT2D eigenvalue weighted by Crippen LogP contribution is -2.15. The topological polar surface area (TPSA) is 59.3 Å². The normalized spacial score (nSPS) is 10.8. The molecule has 1 amide bonds. The van der Waals surface area contributed by atoms with Crippen LogP contribution in [0.3, 0.4) is 0 Å². The Bertz CT molecular complexity index is 1150. The van der Waals surface area contributed by atoms with Crippen molar-refractivity contribution in [2.24, 2.45) is 0 Å². The number of furan rings is 1. The molecule has 2 aromatic carbocycles. The molecular formula is C20H12ClNO3S. The summed E-state index contributed by atoms with van der Waals surface area (Å²) in [5, 5.41) is 4.47. The fraction of sp³-hybridized carbons (Fsp3) is 0. The molecule has 0 unspecified atom stereocenters. The van der Waals surface area contributed by atoms with Gasteiger partial charge in [-0.05, 0) is 42.0 Å². The monoisotopic (exact) mass is 381 g/mol. The van der Waals surface area contributed by atoms with Crippen LogP contribution in [0.5, 0.6) is 0 Å². The third-order valence-electron chi connectivity index (χ3n) is 3.90. The quantitative estimate of drug-likeness (QED) is 0.515. The molecule has 1 N–H and O–H groups in total. The van der Waals surface area contributed by atoms with Crippen molar-refractivity contribution >= 4 is 43.9 Å². The second-order valence-electron chi connectivity index (χ2n) is 5.57. The van der Waals surface area contributed by atoms with Crippen molar-refractivity contribution in [3.8, 4) is 11.1 Å². The van der Waals surface area contributed by atoms with E-state index in [9.17, 15) is 9.59 Å². The molecule has 0 saturated heterocycles. The third kappa shape index (κ3) is 3.03. The average molecular weight is 382 g/mol. The van der Waals surface area contributed by atoms with E-state index in [1.165, 1.54) is 17.6 Å². The maximum absolute atomic E-state index is 13.1. The first-order chi connectivity index (χ1) is 12.6. The second kappa shape index (κ2) is 6.78. The van der Waals surface area contributed by atoms with Crippen LogP contribution in [-0.2, 0) is 0 Å². The molecule has 0 aliphatic heterocycles. The number of benzene rings is 2. The van der Waals surface area contributed by atoms with E-state index in [0.29, 0.717) is 26.5 Å². The number of anilines is 1. The van der Waals surface area contributed by atoms with Crippen molar-refractivity contribution in [2.75, 3.05) is 5.32 Å². The minimum atomic E-state index is -0.406. The van der Waals surface area contributed by atoms with Crippen LogP contribution < -0.4 is 10.7 Å². The zero-order valence-corrected chi connectivity index (χ0v) is 14.9. The minimum absolute atomic E-state index is 0.142. The second-order valence-corrected chi connectivity index (χ2v) is 7.06. The Kier molecular flexibility index (Phi) is 4.32. The lowest BCUT2D eigenvalue weighted by Gasteiger charge is -2.11. The van der Waals surface area contributed by atoms with Crippen LogP contribution in [0, 0.1) is 0 Å². The highest BCUT2D eigenvalue weighted by Crippen LogP contribution is 2.34. The van der Waals surface area contributed by atoms with Gasteiger partial charge in [-0.3, -0.25) is 9.59 Å². The molecule has 4 rings (SSSR count). The van der Waals surface area contributed by atoms with Crippen molar-refractivity contribution < 1.29 is 9.21 Å². The van der Waals surface area contributed by atoms with Crippen LogP contribution in [0.4, 0.5) is 5.00 Å². The number of rotatable bonds is 3. The van der Waals surface area contributed by atoms with Gasteiger partial charge in [0.15, 0.2) is 11.2 Å². The minimum Gasteiger partial charge on any atom is -0.459 e. The number of carbonyl (C=O) groups is 1. The Morgan fingerprint density at radius 3 is 2.50 bits per heavy atom. The maximum atomic E-state index is 13.1. The van der Waals surface area contributed by atoms with Gasteiger partial charge in [0.2, 0.25) is 0 Å². The Labute approximate surface area is 157 Å². The van der Waals surface area contributed by atoms with Gasteiger partial charge in [0.1, 0.15) is 5.00 Å². The van der Waals surface area contributed by atoms with Crippen molar-refractivity contribution in [1.82, 2.24) is 0 Å². The van der Waals surface area contributed by atoms with Crippen LogP contribution >= 0.6 is 22.9 Å². The Hall–Kier alpha value is -2.89. The standard InChI is InChI=1S/C20H12ClNO3S/c21-13-9-7-12(8-10-13)17-18(23)14-4-1-2-6-16(14)26-20(17)22-19(24)15-5-3-11-25-15/h1-11H,(H,22,24). The summed E-state index contributed by atoms with van der Waals surface area (Å²) in [6.07, 6.45) is 1.43. The number of carbonyl (C=O) groups excluding carboxylic acids is 1. The molecule has 0 aliphatic rings. The third-order valence-corrected chi connectivity index (χ3v) is 5.24. The first kappa shape index (κ1) is 16.6. The van der Waals surface area contributed by atoms with Crippen LogP contribution in [0.2, 0.25) is 5.02 Å². The number of nitrogens with one attached hydrogen (secondary N) is 1. The molecule has 128 valence electrons. The first-order valence-corrected chi connectivity index (χ1v) is 8.99. The van der Waals surface area contributed by atoms with E-state index in [0.717, 1.165) is 4.70 Å². The molecule has 0 bridgehead atoms. The van der Waals surface area contributed by atoms with Crippen LogP contribution in [-0.4, -0.2) is 5.91 Å². The number of amides is 1. The molecule has 0 aliphatic carbocycles. The number of halogens is 1. The largest absolute Gasteiger partial charge is 0.459 e. The summed E-state index contributed by atoms with van der Waals surface area (Å²) in [5.41, 5.74) is 0.984. The van der Waals surface area contributed by atoms with E-state index >= 15 is 0 Å². The van der Waals surface area contributed by atoms with Crippen LogP contribution in [0.15, 0.2) is 76.1 Å². The molecule has 2 aromatic heterocycles. The Morgan fingerprint density at radius 1 is 1.00 bits per heavy atom. The zero-order valence-electron chi connectivity index (χ0n) is 13.4.